The highest BCUT2D eigenvalue weighted by Gasteiger charge is 2.09. The van der Waals surface area contributed by atoms with Crippen LogP contribution in [0.25, 0.3) is 0 Å². The lowest BCUT2D eigenvalue weighted by Crippen LogP contribution is -2.24. The molecule has 1 aromatic carbocycles. The molecule has 0 fully saturated rings. The number of hydrogen-bond donors (Lipinski definition) is 3. The Kier molecular flexibility index (Phi) is 5.94. The minimum Gasteiger partial charge on any atom is -0.508 e. The molecule has 0 unspecified atom stereocenters. The van der Waals surface area contributed by atoms with Crippen molar-refractivity contribution in [1.29, 1.82) is 0 Å². The number of phenolic OH excluding ortho intramolecular Hbond substituents is 1. The molecule has 0 bridgehead atoms. The third kappa shape index (κ3) is 6.38. The van der Waals surface area contributed by atoms with Crippen LogP contribution < -0.4 is 11.2 Å². The van der Waals surface area contributed by atoms with E-state index in [2.05, 4.69) is 9.52 Å². The molecule has 4 N–H and O–H groups in total. The number of hydrazone groups is 1. The lowest BCUT2D eigenvalue weighted by molar-refractivity contribution is -0.402. The Morgan fingerprint density at radius 1 is 1.33 bits per heavy atom. The fraction of sp³-hybridized carbons (Fsp3) is 0. The molecule has 0 spiro atoms. The number of nitro groups is 1. The first-order valence-corrected chi connectivity index (χ1v) is 5.56. The van der Waals surface area contributed by atoms with E-state index in [1.807, 2.05) is 11.5 Å². The number of rotatable bonds is 3. The van der Waals surface area contributed by atoms with Gasteiger partial charge in [-0.1, -0.05) is 18.2 Å². The van der Waals surface area contributed by atoms with Gasteiger partial charge in [0.1, 0.15) is 10.7 Å². The summed E-state index contributed by atoms with van der Waals surface area (Å²) in [7, 11) is 0. The number of amides is 2. The van der Waals surface area contributed by atoms with E-state index in [4.69, 9.17) is 10.8 Å². The summed E-state index contributed by atoms with van der Waals surface area (Å²) in [5, 5.41) is 22.2. The SMILES string of the molecule is NC(=O)N/N=C/c1ccc([N+](=O)[O-])o1.Oc1ccccc1. The zero-order valence-electron chi connectivity index (χ0n) is 10.7. The highest BCUT2D eigenvalue weighted by molar-refractivity contribution is 5.78. The summed E-state index contributed by atoms with van der Waals surface area (Å²) in [5.74, 6) is 0.0680. The lowest BCUT2D eigenvalue weighted by Gasteiger charge is -1.88. The van der Waals surface area contributed by atoms with Crippen LogP contribution in [-0.4, -0.2) is 22.3 Å². The third-order valence-corrected chi connectivity index (χ3v) is 1.92. The highest BCUT2D eigenvalue weighted by atomic mass is 16.6. The summed E-state index contributed by atoms with van der Waals surface area (Å²) in [6, 6.07) is 10.4. The molecule has 0 radical (unpaired) electrons. The van der Waals surface area contributed by atoms with E-state index >= 15 is 0 Å². The Morgan fingerprint density at radius 2 is 2.00 bits per heavy atom. The van der Waals surface area contributed by atoms with Crippen LogP contribution in [0.15, 0.2) is 52.0 Å². The number of carbonyl (C=O) groups excluding carboxylic acids is 1. The minimum absolute atomic E-state index is 0.144. The predicted molar refractivity (Wildman–Crippen MR) is 73.8 cm³/mol. The molecule has 0 aliphatic rings. The van der Waals surface area contributed by atoms with E-state index in [-0.39, 0.29) is 5.76 Å². The first kappa shape index (κ1) is 15.7. The van der Waals surface area contributed by atoms with Crippen molar-refractivity contribution in [3.63, 3.8) is 0 Å². The number of benzene rings is 1. The predicted octanol–water partition coefficient (Wildman–Crippen LogP) is 1.58. The molecule has 2 rings (SSSR count). The summed E-state index contributed by atoms with van der Waals surface area (Å²) in [6.45, 7) is 0. The molecular weight excluding hydrogens is 280 g/mol. The van der Waals surface area contributed by atoms with Crippen LogP contribution in [0.4, 0.5) is 10.7 Å². The number of para-hydroxylation sites is 1. The molecule has 1 heterocycles. The molecule has 110 valence electrons. The van der Waals surface area contributed by atoms with E-state index < -0.39 is 16.8 Å². The van der Waals surface area contributed by atoms with Gasteiger partial charge in [0.15, 0.2) is 5.76 Å². The normalized spacial score (nSPS) is 9.71. The zero-order valence-corrected chi connectivity index (χ0v) is 10.7. The number of nitrogens with two attached hydrogens (primary N) is 1. The van der Waals surface area contributed by atoms with Gasteiger partial charge in [0.2, 0.25) is 0 Å². The van der Waals surface area contributed by atoms with Gasteiger partial charge in [0.05, 0.1) is 12.3 Å². The first-order chi connectivity index (χ1) is 9.99. The minimum atomic E-state index is -0.831. The number of urea groups is 1. The van der Waals surface area contributed by atoms with Crippen molar-refractivity contribution in [2.75, 3.05) is 0 Å². The molecule has 2 aromatic rings. The fourth-order valence-corrected chi connectivity index (χ4v) is 1.10. The molecular formula is C12H12N4O5. The van der Waals surface area contributed by atoms with E-state index in [0.29, 0.717) is 5.75 Å². The molecule has 9 nitrogen and oxygen atoms in total. The Labute approximate surface area is 118 Å². The maximum atomic E-state index is 10.2. The van der Waals surface area contributed by atoms with Gasteiger partial charge < -0.3 is 15.3 Å². The van der Waals surface area contributed by atoms with Gasteiger partial charge in [0, 0.05) is 0 Å². The molecule has 2 amide bonds. The van der Waals surface area contributed by atoms with Crippen LogP contribution in [0.2, 0.25) is 0 Å². The standard InChI is InChI=1S/C6H6N4O4.C6H6O/c7-6(11)9-8-3-4-1-2-5(14-4)10(12)13;7-6-4-2-1-3-5-6/h1-3H,(H3,7,9,11);1-5,7H/b8-3+;. The lowest BCUT2D eigenvalue weighted by atomic mass is 10.3. The van der Waals surface area contributed by atoms with Crippen molar-refractivity contribution >= 4 is 18.1 Å². The van der Waals surface area contributed by atoms with Crippen LogP contribution in [-0.2, 0) is 0 Å². The second kappa shape index (κ2) is 7.94. The van der Waals surface area contributed by atoms with E-state index in [1.165, 1.54) is 12.1 Å². The zero-order chi connectivity index (χ0) is 15.7. The molecule has 1 aromatic heterocycles. The second-order valence-corrected chi connectivity index (χ2v) is 3.50. The van der Waals surface area contributed by atoms with Gasteiger partial charge in [-0.05, 0) is 18.2 Å². The van der Waals surface area contributed by atoms with Crippen molar-refractivity contribution in [1.82, 2.24) is 5.43 Å². The van der Waals surface area contributed by atoms with Gasteiger partial charge >= 0.3 is 11.9 Å². The van der Waals surface area contributed by atoms with Crippen LogP contribution >= 0.6 is 0 Å². The van der Waals surface area contributed by atoms with Gasteiger partial charge in [-0.15, -0.1) is 0 Å². The van der Waals surface area contributed by atoms with E-state index in [1.54, 1.807) is 24.3 Å². The number of phenols is 1. The number of carbonyl (C=O) groups is 1. The summed E-state index contributed by atoms with van der Waals surface area (Å²) in [6.07, 6.45) is 1.10. The number of nitrogens with zero attached hydrogens (tertiary/aromatic N) is 2. The van der Waals surface area contributed by atoms with Crippen molar-refractivity contribution in [2.24, 2.45) is 10.8 Å². The molecule has 0 saturated heterocycles. The summed E-state index contributed by atoms with van der Waals surface area (Å²) < 4.78 is 4.69. The van der Waals surface area contributed by atoms with Crippen molar-refractivity contribution in [3.05, 3.63) is 58.3 Å². The van der Waals surface area contributed by atoms with E-state index in [9.17, 15) is 14.9 Å². The summed E-state index contributed by atoms with van der Waals surface area (Å²) in [4.78, 5) is 19.7. The highest BCUT2D eigenvalue weighted by Crippen LogP contribution is 2.13. The second-order valence-electron chi connectivity index (χ2n) is 3.50. The Morgan fingerprint density at radius 3 is 2.43 bits per heavy atom. The largest absolute Gasteiger partial charge is 0.508 e. The molecule has 0 atom stereocenters. The van der Waals surface area contributed by atoms with Gasteiger partial charge in [-0.2, -0.15) is 5.10 Å². The monoisotopic (exact) mass is 292 g/mol. The van der Waals surface area contributed by atoms with E-state index in [0.717, 1.165) is 6.21 Å². The van der Waals surface area contributed by atoms with Gasteiger partial charge in [0.25, 0.3) is 0 Å². The van der Waals surface area contributed by atoms with Gasteiger partial charge in [-0.3, -0.25) is 10.1 Å². The number of furan rings is 1. The smallest absolute Gasteiger partial charge is 0.433 e. The maximum absolute atomic E-state index is 10.2. The Balaban J connectivity index is 0.000000262. The number of aromatic hydroxyl groups is 1. The third-order valence-electron chi connectivity index (χ3n) is 1.92. The average Bonchev–Trinajstić information content (AvgIpc) is 2.89. The molecule has 0 saturated carbocycles. The summed E-state index contributed by atoms with van der Waals surface area (Å²) in [5.41, 5.74) is 6.62. The Bertz CT molecular complexity index is 624. The molecule has 0 aliphatic carbocycles. The fourth-order valence-electron chi connectivity index (χ4n) is 1.10. The first-order valence-electron chi connectivity index (χ1n) is 5.56. The summed E-state index contributed by atoms with van der Waals surface area (Å²) >= 11 is 0. The van der Waals surface area contributed by atoms with Crippen LogP contribution in [0.5, 0.6) is 5.75 Å². The van der Waals surface area contributed by atoms with Crippen LogP contribution in [0, 0.1) is 10.1 Å². The molecule has 9 heteroatoms. The van der Waals surface area contributed by atoms with Crippen LogP contribution in [0.1, 0.15) is 5.76 Å². The van der Waals surface area contributed by atoms with Crippen molar-refractivity contribution < 1.29 is 19.2 Å². The Hall–Kier alpha value is -3.36. The average molecular weight is 292 g/mol. The number of primary amides is 1. The maximum Gasteiger partial charge on any atom is 0.433 e. The van der Waals surface area contributed by atoms with Crippen molar-refractivity contribution in [3.8, 4) is 5.75 Å². The van der Waals surface area contributed by atoms with Crippen LogP contribution in [0.3, 0.4) is 0 Å². The quantitative estimate of drug-likeness (QED) is 0.447. The topological polar surface area (TPSA) is 144 Å². The molecule has 21 heavy (non-hydrogen) atoms. The number of nitrogens with one attached hydrogen (secondary N) is 1. The molecule has 0 aliphatic heterocycles. The van der Waals surface area contributed by atoms with Gasteiger partial charge in [-0.25, -0.2) is 10.2 Å². The van der Waals surface area contributed by atoms with Crippen molar-refractivity contribution in [2.45, 2.75) is 0 Å². The number of hydrogen-bond acceptors (Lipinski definition) is 6.